The second-order valence-corrected chi connectivity index (χ2v) is 8.77. The maximum atomic E-state index is 12.2. The Morgan fingerprint density at radius 2 is 2.05 bits per heavy atom. The van der Waals surface area contributed by atoms with Crippen LogP contribution >= 0.6 is 11.3 Å². The minimum atomic E-state index is -3.62. The Morgan fingerprint density at radius 1 is 1.38 bits per heavy atom. The third kappa shape index (κ3) is 6.13. The molecule has 0 fully saturated rings. The second kappa shape index (κ2) is 7.35. The number of rotatable bonds is 9. The summed E-state index contributed by atoms with van der Waals surface area (Å²) in [7, 11) is -3.62. The molecule has 1 aromatic rings. The predicted octanol–water partition coefficient (Wildman–Crippen LogP) is 1.45. The minimum Gasteiger partial charge on any atom is -0.481 e. The summed E-state index contributed by atoms with van der Waals surface area (Å²) >= 11 is 0.965. The maximum Gasteiger partial charge on any atom is 0.308 e. The Hall–Kier alpha value is -0.960. The lowest BCUT2D eigenvalue weighted by Gasteiger charge is -2.24. The van der Waals surface area contributed by atoms with Crippen LogP contribution in [-0.2, 0) is 21.2 Å². The molecule has 8 heteroatoms. The zero-order chi connectivity index (χ0) is 16.1. The summed E-state index contributed by atoms with van der Waals surface area (Å²) in [5.74, 6) is -0.987. The Kier molecular flexibility index (Phi) is 6.33. The van der Waals surface area contributed by atoms with E-state index in [1.165, 1.54) is 12.1 Å². The topological polar surface area (TPSA) is 104 Å². The van der Waals surface area contributed by atoms with Gasteiger partial charge in [0.25, 0.3) is 0 Å². The third-order valence-corrected chi connectivity index (χ3v) is 5.96. The largest absolute Gasteiger partial charge is 0.481 e. The third-order valence-electron chi connectivity index (χ3n) is 2.98. The zero-order valence-electron chi connectivity index (χ0n) is 12.1. The van der Waals surface area contributed by atoms with Crippen molar-refractivity contribution < 1.29 is 23.4 Å². The lowest BCUT2D eigenvalue weighted by atomic mass is 9.88. The molecule has 6 nitrogen and oxygen atoms in total. The summed E-state index contributed by atoms with van der Waals surface area (Å²) < 4.78 is 27.0. The van der Waals surface area contributed by atoms with Crippen molar-refractivity contribution in [1.82, 2.24) is 4.72 Å². The molecule has 1 aromatic heterocycles. The van der Waals surface area contributed by atoms with Gasteiger partial charge in [-0.25, -0.2) is 13.1 Å². The highest BCUT2D eigenvalue weighted by Gasteiger charge is 2.23. The maximum absolute atomic E-state index is 12.2. The van der Waals surface area contributed by atoms with E-state index in [-0.39, 0.29) is 29.2 Å². The van der Waals surface area contributed by atoms with E-state index < -0.39 is 16.0 Å². The Labute approximate surface area is 128 Å². The number of carboxylic acids is 1. The van der Waals surface area contributed by atoms with Gasteiger partial charge in [0.15, 0.2) is 0 Å². The summed E-state index contributed by atoms with van der Waals surface area (Å²) in [6.07, 6.45) is 1.15. The van der Waals surface area contributed by atoms with Crippen LogP contribution in [0.15, 0.2) is 16.3 Å². The van der Waals surface area contributed by atoms with E-state index in [1.54, 1.807) is 0 Å². The molecule has 0 aromatic carbocycles. The highest BCUT2D eigenvalue weighted by molar-refractivity contribution is 7.91. The molecule has 1 heterocycles. The van der Waals surface area contributed by atoms with Gasteiger partial charge in [-0.3, -0.25) is 4.79 Å². The standard InChI is InChI=1S/C13H21NO5S2/c1-13(2,6-3-7-15)9-14-21(18,19)12-5-4-10(20-12)8-11(16)17/h4-5,14-15H,3,6-9H2,1-2H3,(H,16,17). The molecule has 120 valence electrons. The van der Waals surface area contributed by atoms with Crippen molar-refractivity contribution >= 4 is 27.3 Å². The molecule has 3 N–H and O–H groups in total. The SMILES string of the molecule is CC(C)(CCCO)CNS(=O)(=O)c1ccc(CC(=O)O)s1. The van der Waals surface area contributed by atoms with Crippen LogP contribution in [0.4, 0.5) is 0 Å². The predicted molar refractivity (Wildman–Crippen MR) is 80.9 cm³/mol. The minimum absolute atomic E-state index is 0.0830. The number of aliphatic hydroxyl groups is 1. The van der Waals surface area contributed by atoms with E-state index in [0.29, 0.717) is 17.7 Å². The summed E-state index contributed by atoms with van der Waals surface area (Å²) in [5, 5.41) is 17.5. The summed E-state index contributed by atoms with van der Waals surface area (Å²) in [4.78, 5) is 11.1. The number of aliphatic carboxylic acids is 1. The molecule has 0 saturated heterocycles. The van der Waals surface area contributed by atoms with Crippen LogP contribution in [0.25, 0.3) is 0 Å². The quantitative estimate of drug-likeness (QED) is 0.634. The van der Waals surface area contributed by atoms with Crippen molar-refractivity contribution in [1.29, 1.82) is 0 Å². The van der Waals surface area contributed by atoms with Crippen LogP contribution in [0.5, 0.6) is 0 Å². The first kappa shape index (κ1) is 18.1. The Morgan fingerprint density at radius 3 is 2.62 bits per heavy atom. The Bertz CT molecular complexity index is 577. The monoisotopic (exact) mass is 335 g/mol. The molecular weight excluding hydrogens is 314 g/mol. The first-order chi connectivity index (χ1) is 9.66. The Balaban J connectivity index is 2.69. The van der Waals surface area contributed by atoms with Crippen molar-refractivity contribution in [3.8, 4) is 0 Å². The van der Waals surface area contributed by atoms with E-state index in [9.17, 15) is 13.2 Å². The molecule has 0 radical (unpaired) electrons. The molecule has 0 aliphatic heterocycles. The van der Waals surface area contributed by atoms with Crippen LogP contribution in [0, 0.1) is 5.41 Å². The molecule has 0 spiro atoms. The van der Waals surface area contributed by atoms with Gasteiger partial charge in [-0.15, -0.1) is 11.3 Å². The molecule has 21 heavy (non-hydrogen) atoms. The van der Waals surface area contributed by atoms with E-state index in [2.05, 4.69) is 4.72 Å². The number of aliphatic hydroxyl groups excluding tert-OH is 1. The van der Waals surface area contributed by atoms with Gasteiger partial charge in [-0.2, -0.15) is 0 Å². The smallest absolute Gasteiger partial charge is 0.308 e. The van der Waals surface area contributed by atoms with E-state index in [0.717, 1.165) is 11.3 Å². The number of nitrogens with one attached hydrogen (secondary N) is 1. The molecule has 0 aliphatic rings. The highest BCUT2D eigenvalue weighted by Crippen LogP contribution is 2.25. The van der Waals surface area contributed by atoms with Crippen LogP contribution < -0.4 is 4.72 Å². The molecule has 0 bridgehead atoms. The number of hydrogen-bond donors (Lipinski definition) is 3. The van der Waals surface area contributed by atoms with E-state index in [4.69, 9.17) is 10.2 Å². The van der Waals surface area contributed by atoms with E-state index in [1.807, 2.05) is 13.8 Å². The van der Waals surface area contributed by atoms with Gasteiger partial charge >= 0.3 is 5.97 Å². The normalized spacial score (nSPS) is 12.5. The fourth-order valence-corrected chi connectivity index (χ4v) is 4.39. The van der Waals surface area contributed by atoms with Crippen molar-refractivity contribution in [2.24, 2.45) is 5.41 Å². The van der Waals surface area contributed by atoms with Crippen LogP contribution in [0.2, 0.25) is 0 Å². The molecule has 0 unspecified atom stereocenters. The summed E-state index contributed by atoms with van der Waals surface area (Å²) in [6, 6.07) is 2.94. The zero-order valence-corrected chi connectivity index (χ0v) is 13.8. The van der Waals surface area contributed by atoms with Crippen molar-refractivity contribution in [2.75, 3.05) is 13.2 Å². The average Bonchev–Trinajstić information content (AvgIpc) is 2.83. The van der Waals surface area contributed by atoms with Crippen molar-refractivity contribution in [3.05, 3.63) is 17.0 Å². The molecular formula is C13H21NO5S2. The van der Waals surface area contributed by atoms with Crippen LogP contribution in [-0.4, -0.2) is 37.8 Å². The molecule has 0 aliphatic carbocycles. The second-order valence-electron chi connectivity index (χ2n) is 5.61. The van der Waals surface area contributed by atoms with Gasteiger partial charge in [0.1, 0.15) is 4.21 Å². The summed E-state index contributed by atoms with van der Waals surface area (Å²) in [6.45, 7) is 4.20. The van der Waals surface area contributed by atoms with Gasteiger partial charge in [-0.1, -0.05) is 13.8 Å². The molecule has 0 saturated carbocycles. The fourth-order valence-electron chi connectivity index (χ4n) is 1.75. The fraction of sp³-hybridized carbons (Fsp3) is 0.615. The van der Waals surface area contributed by atoms with Crippen LogP contribution in [0.3, 0.4) is 0 Å². The molecule has 1 rings (SSSR count). The molecule has 0 atom stereocenters. The van der Waals surface area contributed by atoms with Gasteiger partial charge < -0.3 is 10.2 Å². The van der Waals surface area contributed by atoms with Crippen molar-refractivity contribution in [2.45, 2.75) is 37.3 Å². The van der Waals surface area contributed by atoms with Crippen LogP contribution in [0.1, 0.15) is 31.6 Å². The number of thiophene rings is 1. The number of sulfonamides is 1. The first-order valence-electron chi connectivity index (χ1n) is 6.57. The van der Waals surface area contributed by atoms with Crippen molar-refractivity contribution in [3.63, 3.8) is 0 Å². The van der Waals surface area contributed by atoms with Gasteiger partial charge in [0.2, 0.25) is 10.0 Å². The average molecular weight is 335 g/mol. The van der Waals surface area contributed by atoms with Gasteiger partial charge in [0.05, 0.1) is 6.42 Å². The highest BCUT2D eigenvalue weighted by atomic mass is 32.2. The number of carbonyl (C=O) groups is 1. The summed E-state index contributed by atoms with van der Waals surface area (Å²) in [5.41, 5.74) is -0.253. The molecule has 0 amide bonds. The van der Waals surface area contributed by atoms with Gasteiger partial charge in [-0.05, 0) is 30.4 Å². The lowest BCUT2D eigenvalue weighted by Crippen LogP contribution is -2.33. The van der Waals surface area contributed by atoms with E-state index >= 15 is 0 Å². The number of hydrogen-bond acceptors (Lipinski definition) is 5. The van der Waals surface area contributed by atoms with Gasteiger partial charge in [0, 0.05) is 18.0 Å². The lowest BCUT2D eigenvalue weighted by molar-refractivity contribution is -0.136. The first-order valence-corrected chi connectivity index (χ1v) is 8.87. The number of carboxylic acid groups (broad SMARTS) is 1.